The Balaban J connectivity index is 1.32. The molecular weight excluding hydrogens is 394 g/mol. The first-order valence-corrected chi connectivity index (χ1v) is 10.3. The van der Waals surface area contributed by atoms with E-state index >= 15 is 0 Å². The lowest BCUT2D eigenvalue weighted by molar-refractivity contribution is 0.174. The van der Waals surface area contributed by atoms with Crippen molar-refractivity contribution in [3.8, 4) is 22.9 Å². The smallest absolute Gasteiger partial charge is 0.231 e. The van der Waals surface area contributed by atoms with Crippen molar-refractivity contribution in [1.82, 2.24) is 20.4 Å². The molecule has 0 bridgehead atoms. The van der Waals surface area contributed by atoms with Crippen molar-refractivity contribution in [1.29, 1.82) is 0 Å². The number of ether oxygens (including phenoxy) is 3. The summed E-state index contributed by atoms with van der Waals surface area (Å²) in [5.41, 5.74) is 3.06. The standard InChI is InChI=1S/C23H27N5O3/c1-3-24-23(25-12-10-17-4-9-21-22(14-17)31-16-30-21)26-15-18-11-13-28(27-18)19-5-7-20(29-2)8-6-19/h4-9,11,13-14H,3,10,12,15-16H2,1-2H3,(H2,24,25,26). The average molecular weight is 422 g/mol. The van der Waals surface area contributed by atoms with Crippen LogP contribution in [-0.2, 0) is 13.0 Å². The van der Waals surface area contributed by atoms with Crippen molar-refractivity contribution < 1.29 is 14.2 Å². The number of guanidine groups is 1. The Morgan fingerprint density at radius 2 is 1.94 bits per heavy atom. The second kappa shape index (κ2) is 9.88. The molecule has 0 radical (unpaired) electrons. The zero-order valence-corrected chi connectivity index (χ0v) is 17.8. The highest BCUT2D eigenvalue weighted by Crippen LogP contribution is 2.32. The van der Waals surface area contributed by atoms with Gasteiger partial charge in [0.2, 0.25) is 6.79 Å². The van der Waals surface area contributed by atoms with E-state index in [0.29, 0.717) is 13.3 Å². The lowest BCUT2D eigenvalue weighted by Gasteiger charge is -2.11. The number of methoxy groups -OCH3 is 1. The Kier molecular flexibility index (Phi) is 6.56. The predicted octanol–water partition coefficient (Wildman–Crippen LogP) is 2.91. The van der Waals surface area contributed by atoms with E-state index in [1.54, 1.807) is 7.11 Å². The molecule has 4 rings (SSSR count). The molecule has 3 aromatic rings. The van der Waals surface area contributed by atoms with Gasteiger partial charge < -0.3 is 24.8 Å². The summed E-state index contributed by atoms with van der Waals surface area (Å²) in [7, 11) is 1.66. The minimum absolute atomic E-state index is 0.294. The molecule has 0 unspecified atom stereocenters. The number of aliphatic imine (C=N–C) groups is 1. The molecule has 1 aliphatic heterocycles. The van der Waals surface area contributed by atoms with Gasteiger partial charge in [-0.1, -0.05) is 6.07 Å². The maximum Gasteiger partial charge on any atom is 0.231 e. The number of fused-ring (bicyclic) bond motifs is 1. The van der Waals surface area contributed by atoms with Crippen LogP contribution in [0.25, 0.3) is 5.69 Å². The molecule has 0 atom stereocenters. The highest BCUT2D eigenvalue weighted by Gasteiger charge is 2.13. The summed E-state index contributed by atoms with van der Waals surface area (Å²) in [5.74, 6) is 3.20. The molecule has 0 spiro atoms. The molecule has 0 saturated heterocycles. The van der Waals surface area contributed by atoms with E-state index in [-0.39, 0.29) is 0 Å². The molecular formula is C23H27N5O3. The number of rotatable bonds is 8. The van der Waals surface area contributed by atoms with Gasteiger partial charge in [-0.25, -0.2) is 9.67 Å². The van der Waals surface area contributed by atoms with Gasteiger partial charge in [0.25, 0.3) is 0 Å². The van der Waals surface area contributed by atoms with Crippen LogP contribution in [0, 0.1) is 0 Å². The minimum Gasteiger partial charge on any atom is -0.497 e. The third-order valence-electron chi connectivity index (χ3n) is 4.87. The molecule has 0 saturated carbocycles. The molecule has 0 amide bonds. The van der Waals surface area contributed by atoms with E-state index in [1.165, 1.54) is 5.56 Å². The van der Waals surface area contributed by atoms with Gasteiger partial charge in [-0.3, -0.25) is 0 Å². The second-order valence-electron chi connectivity index (χ2n) is 7.01. The SMILES string of the molecule is CCNC(=NCc1ccn(-c2ccc(OC)cc2)n1)NCCc1ccc2c(c1)OCO2. The maximum absolute atomic E-state index is 5.44. The molecule has 31 heavy (non-hydrogen) atoms. The Labute approximate surface area is 181 Å². The van der Waals surface area contributed by atoms with E-state index < -0.39 is 0 Å². The van der Waals surface area contributed by atoms with Crippen LogP contribution < -0.4 is 24.8 Å². The molecule has 2 N–H and O–H groups in total. The zero-order valence-electron chi connectivity index (χ0n) is 17.8. The first kappa shape index (κ1) is 20.6. The van der Waals surface area contributed by atoms with Crippen LogP contribution in [0.1, 0.15) is 18.2 Å². The maximum atomic E-state index is 5.44. The summed E-state index contributed by atoms with van der Waals surface area (Å²) in [6.45, 7) is 4.38. The molecule has 162 valence electrons. The molecule has 1 aliphatic rings. The Morgan fingerprint density at radius 1 is 1.10 bits per heavy atom. The third-order valence-corrected chi connectivity index (χ3v) is 4.87. The van der Waals surface area contributed by atoms with Gasteiger partial charge in [-0.05, 0) is 61.4 Å². The summed E-state index contributed by atoms with van der Waals surface area (Å²) in [6.07, 6.45) is 2.79. The summed E-state index contributed by atoms with van der Waals surface area (Å²) in [4.78, 5) is 4.66. The number of nitrogens with one attached hydrogen (secondary N) is 2. The summed E-state index contributed by atoms with van der Waals surface area (Å²) < 4.78 is 17.8. The number of hydrogen-bond acceptors (Lipinski definition) is 5. The summed E-state index contributed by atoms with van der Waals surface area (Å²) in [5, 5.41) is 11.3. The highest BCUT2D eigenvalue weighted by molar-refractivity contribution is 5.79. The molecule has 2 heterocycles. The average Bonchev–Trinajstić information content (AvgIpc) is 3.47. The lowest BCUT2D eigenvalue weighted by Crippen LogP contribution is -2.38. The van der Waals surface area contributed by atoms with Gasteiger partial charge in [0.1, 0.15) is 5.75 Å². The number of nitrogens with zero attached hydrogens (tertiary/aromatic N) is 3. The molecule has 8 nitrogen and oxygen atoms in total. The van der Waals surface area contributed by atoms with Crippen molar-refractivity contribution in [2.75, 3.05) is 27.0 Å². The van der Waals surface area contributed by atoms with Crippen molar-refractivity contribution in [2.24, 2.45) is 4.99 Å². The Bertz CT molecular complexity index is 1030. The van der Waals surface area contributed by atoms with Gasteiger partial charge in [-0.15, -0.1) is 0 Å². The topological polar surface area (TPSA) is 81.9 Å². The van der Waals surface area contributed by atoms with Crippen LogP contribution >= 0.6 is 0 Å². The van der Waals surface area contributed by atoms with E-state index in [9.17, 15) is 0 Å². The van der Waals surface area contributed by atoms with E-state index in [4.69, 9.17) is 14.2 Å². The van der Waals surface area contributed by atoms with Crippen molar-refractivity contribution in [2.45, 2.75) is 19.9 Å². The number of benzene rings is 2. The lowest BCUT2D eigenvalue weighted by atomic mass is 10.1. The van der Waals surface area contributed by atoms with Crippen LogP contribution in [0.15, 0.2) is 59.7 Å². The van der Waals surface area contributed by atoms with Gasteiger partial charge >= 0.3 is 0 Å². The van der Waals surface area contributed by atoms with Crippen molar-refractivity contribution in [3.63, 3.8) is 0 Å². The molecule has 1 aromatic heterocycles. The summed E-state index contributed by atoms with van der Waals surface area (Å²) >= 11 is 0. The fourth-order valence-corrected chi connectivity index (χ4v) is 3.25. The van der Waals surface area contributed by atoms with Gasteiger partial charge in [-0.2, -0.15) is 5.10 Å². The summed E-state index contributed by atoms with van der Waals surface area (Å²) in [6, 6.07) is 15.8. The molecule has 0 aliphatic carbocycles. The van der Waals surface area contributed by atoms with Crippen LogP contribution in [-0.4, -0.2) is 42.7 Å². The van der Waals surface area contributed by atoms with Gasteiger partial charge in [0.05, 0.1) is 25.0 Å². The van der Waals surface area contributed by atoms with Crippen molar-refractivity contribution in [3.05, 3.63) is 66.0 Å². The van der Waals surface area contributed by atoms with E-state index in [0.717, 1.165) is 54.1 Å². The van der Waals surface area contributed by atoms with Gasteiger partial charge in [0, 0.05) is 19.3 Å². The van der Waals surface area contributed by atoms with E-state index in [2.05, 4.69) is 26.8 Å². The molecule has 2 aromatic carbocycles. The predicted molar refractivity (Wildman–Crippen MR) is 119 cm³/mol. The number of aromatic nitrogens is 2. The third kappa shape index (κ3) is 5.28. The van der Waals surface area contributed by atoms with Crippen LogP contribution in [0.3, 0.4) is 0 Å². The monoisotopic (exact) mass is 421 g/mol. The van der Waals surface area contributed by atoms with E-state index in [1.807, 2.05) is 60.3 Å². The Morgan fingerprint density at radius 3 is 2.74 bits per heavy atom. The normalized spacial score (nSPS) is 12.6. The second-order valence-corrected chi connectivity index (χ2v) is 7.01. The first-order chi connectivity index (χ1) is 15.2. The molecule has 8 heteroatoms. The highest BCUT2D eigenvalue weighted by atomic mass is 16.7. The Hall–Kier alpha value is -3.68. The quantitative estimate of drug-likeness (QED) is 0.430. The van der Waals surface area contributed by atoms with Crippen LogP contribution in [0.4, 0.5) is 0 Å². The van der Waals surface area contributed by atoms with Crippen LogP contribution in [0.2, 0.25) is 0 Å². The zero-order chi connectivity index (χ0) is 21.5. The number of hydrogen-bond donors (Lipinski definition) is 2. The largest absolute Gasteiger partial charge is 0.497 e. The minimum atomic E-state index is 0.294. The molecule has 0 fully saturated rings. The first-order valence-electron chi connectivity index (χ1n) is 10.3. The van der Waals surface area contributed by atoms with Crippen LogP contribution in [0.5, 0.6) is 17.2 Å². The van der Waals surface area contributed by atoms with Crippen molar-refractivity contribution >= 4 is 5.96 Å². The fourth-order valence-electron chi connectivity index (χ4n) is 3.25. The van der Waals surface area contributed by atoms with Gasteiger partial charge in [0.15, 0.2) is 17.5 Å². The fraction of sp³-hybridized carbons (Fsp3) is 0.304.